The number of hydrogen-bond donors (Lipinski definition) is 0. The lowest BCUT2D eigenvalue weighted by atomic mass is 9.97. The monoisotopic (exact) mass is 257 g/mol. The van der Waals surface area contributed by atoms with Crippen LogP contribution in [0.25, 0.3) is 0 Å². The van der Waals surface area contributed by atoms with Crippen LogP contribution in [0.2, 0.25) is 0 Å². The second kappa shape index (κ2) is 5.00. The predicted molar refractivity (Wildman–Crippen MR) is 61.1 cm³/mol. The van der Waals surface area contributed by atoms with E-state index >= 15 is 0 Å². The van der Waals surface area contributed by atoms with Crippen molar-refractivity contribution in [3.63, 3.8) is 0 Å². The highest BCUT2D eigenvalue weighted by molar-refractivity contribution is 5.94. The summed E-state index contributed by atoms with van der Waals surface area (Å²) in [6.45, 7) is 0.178. The van der Waals surface area contributed by atoms with E-state index in [9.17, 15) is 18.0 Å². The van der Waals surface area contributed by atoms with Crippen molar-refractivity contribution in [1.82, 2.24) is 4.90 Å². The normalized spacial score (nSPS) is 20.8. The molecular weight excluding hydrogens is 243 g/mol. The van der Waals surface area contributed by atoms with Gasteiger partial charge in [0.15, 0.2) is 0 Å². The van der Waals surface area contributed by atoms with E-state index in [1.54, 1.807) is 30.3 Å². The Bertz CT molecular complexity index is 416. The minimum absolute atomic E-state index is 0.113. The second-order valence-electron chi connectivity index (χ2n) is 4.50. The highest BCUT2D eigenvalue weighted by atomic mass is 19.4. The van der Waals surface area contributed by atoms with Gasteiger partial charge >= 0.3 is 6.18 Å². The quantitative estimate of drug-likeness (QED) is 0.757. The van der Waals surface area contributed by atoms with Gasteiger partial charge in [0.2, 0.25) is 0 Å². The standard InChI is InChI=1S/C13H14F3NO/c14-13(15,16)11-7-4-8-17(9-11)12(18)10-5-2-1-3-6-10/h1-3,5-6,11H,4,7-9H2. The average molecular weight is 257 g/mol. The summed E-state index contributed by atoms with van der Waals surface area (Å²) in [7, 11) is 0. The van der Waals surface area contributed by atoms with Crippen LogP contribution in [0.1, 0.15) is 23.2 Å². The molecule has 1 aliphatic heterocycles. The van der Waals surface area contributed by atoms with Crippen LogP contribution in [0, 0.1) is 5.92 Å². The smallest absolute Gasteiger partial charge is 0.338 e. The molecule has 5 heteroatoms. The van der Waals surface area contributed by atoms with Gasteiger partial charge in [0.25, 0.3) is 5.91 Å². The number of hydrogen-bond acceptors (Lipinski definition) is 1. The Labute approximate surface area is 103 Å². The molecule has 1 aromatic carbocycles. The van der Waals surface area contributed by atoms with Gasteiger partial charge in [-0.1, -0.05) is 18.2 Å². The maximum Gasteiger partial charge on any atom is 0.393 e. The first-order valence-corrected chi connectivity index (χ1v) is 5.89. The van der Waals surface area contributed by atoms with E-state index in [0.717, 1.165) is 0 Å². The summed E-state index contributed by atoms with van der Waals surface area (Å²) in [4.78, 5) is 13.3. The Hall–Kier alpha value is -1.52. The molecule has 0 bridgehead atoms. The first kappa shape index (κ1) is 12.9. The molecule has 0 radical (unpaired) electrons. The number of amides is 1. The molecular formula is C13H14F3NO. The summed E-state index contributed by atoms with van der Waals surface area (Å²) in [5.41, 5.74) is 0.445. The first-order valence-electron chi connectivity index (χ1n) is 5.89. The Morgan fingerprint density at radius 2 is 1.89 bits per heavy atom. The molecule has 1 aliphatic rings. The molecule has 0 aliphatic carbocycles. The molecule has 1 amide bonds. The molecule has 0 saturated carbocycles. The summed E-state index contributed by atoms with van der Waals surface area (Å²) >= 11 is 0. The maximum atomic E-state index is 12.6. The van der Waals surface area contributed by atoms with Gasteiger partial charge in [0.05, 0.1) is 5.92 Å². The van der Waals surface area contributed by atoms with Crippen LogP contribution in [0.15, 0.2) is 30.3 Å². The Balaban J connectivity index is 2.08. The van der Waals surface area contributed by atoms with Crippen LogP contribution < -0.4 is 0 Å². The minimum atomic E-state index is -4.21. The van der Waals surface area contributed by atoms with Crippen LogP contribution in [-0.2, 0) is 0 Å². The summed E-state index contributed by atoms with van der Waals surface area (Å²) < 4.78 is 37.9. The van der Waals surface area contributed by atoms with Gasteiger partial charge in [-0.3, -0.25) is 4.79 Å². The summed E-state index contributed by atoms with van der Waals surface area (Å²) in [5.74, 6) is -1.71. The molecule has 1 atom stereocenters. The van der Waals surface area contributed by atoms with Crippen molar-refractivity contribution >= 4 is 5.91 Å². The van der Waals surface area contributed by atoms with Gasteiger partial charge in [0.1, 0.15) is 0 Å². The predicted octanol–water partition coefficient (Wildman–Crippen LogP) is 3.10. The molecule has 1 saturated heterocycles. The number of halogens is 3. The van der Waals surface area contributed by atoms with Crippen molar-refractivity contribution in [3.8, 4) is 0 Å². The molecule has 2 rings (SSSR count). The number of benzene rings is 1. The van der Waals surface area contributed by atoms with E-state index in [1.807, 2.05) is 0 Å². The third kappa shape index (κ3) is 2.83. The fourth-order valence-electron chi connectivity index (χ4n) is 2.19. The molecule has 0 aromatic heterocycles. The van der Waals surface area contributed by atoms with Gasteiger partial charge in [-0.15, -0.1) is 0 Å². The van der Waals surface area contributed by atoms with Gasteiger partial charge in [-0.25, -0.2) is 0 Å². The molecule has 1 heterocycles. The van der Waals surface area contributed by atoms with E-state index < -0.39 is 12.1 Å². The molecule has 18 heavy (non-hydrogen) atoms. The topological polar surface area (TPSA) is 20.3 Å². The van der Waals surface area contributed by atoms with Crippen molar-refractivity contribution in [3.05, 3.63) is 35.9 Å². The number of piperidine rings is 1. The lowest BCUT2D eigenvalue weighted by Gasteiger charge is -2.33. The van der Waals surface area contributed by atoms with E-state index in [4.69, 9.17) is 0 Å². The molecule has 98 valence electrons. The molecule has 2 nitrogen and oxygen atoms in total. The lowest BCUT2D eigenvalue weighted by Crippen LogP contribution is -2.44. The summed E-state index contributed by atoms with van der Waals surface area (Å²) in [5, 5.41) is 0. The number of carbonyl (C=O) groups excluding carboxylic acids is 1. The van der Waals surface area contributed by atoms with Gasteiger partial charge in [0, 0.05) is 18.7 Å². The number of nitrogens with zero attached hydrogens (tertiary/aromatic N) is 1. The number of rotatable bonds is 1. The fourth-order valence-corrected chi connectivity index (χ4v) is 2.19. The van der Waals surface area contributed by atoms with Gasteiger partial charge in [-0.05, 0) is 25.0 Å². The van der Waals surface area contributed by atoms with Crippen molar-refractivity contribution in [2.24, 2.45) is 5.92 Å². The zero-order chi connectivity index (χ0) is 13.2. The Morgan fingerprint density at radius 3 is 2.50 bits per heavy atom. The number of carbonyl (C=O) groups is 1. The van der Waals surface area contributed by atoms with Crippen molar-refractivity contribution in [2.75, 3.05) is 13.1 Å². The highest BCUT2D eigenvalue weighted by Gasteiger charge is 2.42. The van der Waals surface area contributed by atoms with Crippen LogP contribution in [0.5, 0.6) is 0 Å². The molecule has 1 fully saturated rings. The van der Waals surface area contributed by atoms with Crippen molar-refractivity contribution in [2.45, 2.75) is 19.0 Å². The molecule has 0 spiro atoms. The average Bonchev–Trinajstić information content (AvgIpc) is 2.38. The second-order valence-corrected chi connectivity index (χ2v) is 4.50. The van der Waals surface area contributed by atoms with Gasteiger partial charge < -0.3 is 4.90 Å². The van der Waals surface area contributed by atoms with Crippen LogP contribution in [0.3, 0.4) is 0 Å². The van der Waals surface area contributed by atoms with Crippen molar-refractivity contribution < 1.29 is 18.0 Å². The summed E-state index contributed by atoms with van der Waals surface area (Å²) in [6, 6.07) is 8.43. The third-order valence-corrected chi connectivity index (χ3v) is 3.19. The minimum Gasteiger partial charge on any atom is -0.338 e. The molecule has 0 N–H and O–H groups in total. The molecule has 1 unspecified atom stereocenters. The SMILES string of the molecule is O=C(c1ccccc1)N1CCCC(C(F)(F)F)C1. The number of alkyl halides is 3. The summed E-state index contributed by atoms with van der Waals surface area (Å²) in [6.07, 6.45) is -3.69. The van der Waals surface area contributed by atoms with Crippen LogP contribution in [0.4, 0.5) is 13.2 Å². The number of likely N-dealkylation sites (tertiary alicyclic amines) is 1. The van der Waals surface area contributed by atoms with Gasteiger partial charge in [-0.2, -0.15) is 13.2 Å². The highest BCUT2D eigenvalue weighted by Crippen LogP contribution is 2.33. The Kier molecular flexibility index (Phi) is 3.59. The largest absolute Gasteiger partial charge is 0.393 e. The van der Waals surface area contributed by atoms with Crippen molar-refractivity contribution in [1.29, 1.82) is 0 Å². The van der Waals surface area contributed by atoms with E-state index in [0.29, 0.717) is 18.5 Å². The Morgan fingerprint density at radius 1 is 1.22 bits per heavy atom. The van der Waals surface area contributed by atoms with E-state index in [2.05, 4.69) is 0 Å². The first-order chi connectivity index (χ1) is 8.48. The third-order valence-electron chi connectivity index (χ3n) is 3.19. The van der Waals surface area contributed by atoms with Crippen LogP contribution in [-0.4, -0.2) is 30.1 Å². The zero-order valence-electron chi connectivity index (χ0n) is 9.78. The van der Waals surface area contributed by atoms with E-state index in [1.165, 1.54) is 4.90 Å². The van der Waals surface area contributed by atoms with Crippen LogP contribution >= 0.6 is 0 Å². The lowest BCUT2D eigenvalue weighted by molar-refractivity contribution is -0.184. The van der Waals surface area contributed by atoms with E-state index in [-0.39, 0.29) is 18.9 Å². The fraction of sp³-hybridized carbons (Fsp3) is 0.462. The molecule has 1 aromatic rings. The maximum absolute atomic E-state index is 12.6. The zero-order valence-corrected chi connectivity index (χ0v) is 9.78.